The fourth-order valence-electron chi connectivity index (χ4n) is 3.85. The summed E-state index contributed by atoms with van der Waals surface area (Å²) < 4.78 is 46.1. The third-order valence-corrected chi connectivity index (χ3v) is 5.99. The Kier molecular flexibility index (Phi) is 6.27. The number of hydrogen-bond acceptors (Lipinski definition) is 4. The molecule has 0 radical (unpaired) electrons. The molecule has 1 amide bonds. The van der Waals surface area contributed by atoms with Gasteiger partial charge in [0, 0.05) is 11.1 Å². The van der Waals surface area contributed by atoms with Crippen LogP contribution in [0.5, 0.6) is 0 Å². The molecule has 2 heterocycles. The van der Waals surface area contributed by atoms with Crippen molar-refractivity contribution in [1.29, 1.82) is 0 Å². The van der Waals surface area contributed by atoms with Crippen molar-refractivity contribution in [2.24, 2.45) is 0 Å². The summed E-state index contributed by atoms with van der Waals surface area (Å²) in [6.07, 6.45) is 1.40. The number of carbonyl (C=O) groups is 1. The molecule has 6 nitrogen and oxygen atoms in total. The summed E-state index contributed by atoms with van der Waals surface area (Å²) in [7, 11) is 0. The van der Waals surface area contributed by atoms with Crippen LogP contribution >= 0.6 is 11.6 Å². The summed E-state index contributed by atoms with van der Waals surface area (Å²) in [6.45, 7) is 2.24. The van der Waals surface area contributed by atoms with Crippen LogP contribution in [-0.2, 0) is 27.9 Å². The van der Waals surface area contributed by atoms with Crippen LogP contribution in [0.1, 0.15) is 23.6 Å². The molecule has 0 bridgehead atoms. The van der Waals surface area contributed by atoms with Crippen LogP contribution in [0.2, 0.25) is 5.02 Å². The Morgan fingerprint density at radius 2 is 1.91 bits per heavy atom. The molecule has 10 heteroatoms. The first-order valence-electron chi connectivity index (χ1n) is 10.1. The van der Waals surface area contributed by atoms with E-state index >= 15 is 0 Å². The molecule has 2 atom stereocenters. The lowest BCUT2D eigenvalue weighted by molar-refractivity contribution is -0.137. The second kappa shape index (κ2) is 8.99. The average molecular weight is 477 g/mol. The van der Waals surface area contributed by atoms with Crippen LogP contribution < -0.4 is 0 Å². The summed E-state index contributed by atoms with van der Waals surface area (Å²) in [6, 6.07) is 11.4. The summed E-state index contributed by atoms with van der Waals surface area (Å²) in [5.74, 6) is -0.322. The zero-order chi connectivity index (χ0) is 23.6. The molecule has 1 aliphatic heterocycles. The van der Waals surface area contributed by atoms with E-state index in [2.05, 4.69) is 10.1 Å². The summed E-state index contributed by atoms with van der Waals surface area (Å²) in [4.78, 5) is 18.5. The molecule has 0 spiro atoms. The molecule has 1 aliphatic rings. The standard InChI is InChI=1S/C23H20ClF3N4O2/c1-16-22(12-30-14-28-13-29-30,18-7-9-20(24)10-8-18)33-15-31(16)21(32)11-4-17-2-5-19(6-3-17)23(25,26)27/h2-11,13-14,16H,12,15H2,1H3/t16?,22-/m1/s1. The van der Waals surface area contributed by atoms with Gasteiger partial charge >= 0.3 is 6.18 Å². The molecule has 0 saturated carbocycles. The second-order valence-electron chi connectivity index (χ2n) is 7.70. The van der Waals surface area contributed by atoms with Crippen molar-refractivity contribution in [2.75, 3.05) is 6.73 Å². The van der Waals surface area contributed by atoms with Crippen molar-refractivity contribution < 1.29 is 22.7 Å². The maximum atomic E-state index is 13.0. The molecule has 4 rings (SSSR count). The van der Waals surface area contributed by atoms with E-state index in [0.29, 0.717) is 17.1 Å². The van der Waals surface area contributed by atoms with Gasteiger partial charge in [-0.1, -0.05) is 35.9 Å². The maximum absolute atomic E-state index is 13.0. The van der Waals surface area contributed by atoms with Crippen LogP contribution in [0.3, 0.4) is 0 Å². The largest absolute Gasteiger partial charge is 0.416 e. The maximum Gasteiger partial charge on any atom is 0.416 e. The van der Waals surface area contributed by atoms with E-state index in [4.69, 9.17) is 16.3 Å². The minimum Gasteiger partial charge on any atom is -0.346 e. The predicted octanol–water partition coefficient (Wildman–Crippen LogP) is 4.76. The highest BCUT2D eigenvalue weighted by Gasteiger charge is 2.49. The zero-order valence-electron chi connectivity index (χ0n) is 17.5. The summed E-state index contributed by atoms with van der Waals surface area (Å²) in [5.41, 5.74) is -0.322. The Morgan fingerprint density at radius 1 is 1.21 bits per heavy atom. The number of ether oxygens (including phenoxy) is 1. The van der Waals surface area contributed by atoms with Crippen molar-refractivity contribution >= 4 is 23.6 Å². The van der Waals surface area contributed by atoms with Crippen LogP contribution in [-0.4, -0.2) is 38.3 Å². The Balaban J connectivity index is 1.56. The Labute approximate surface area is 193 Å². The first-order valence-corrected chi connectivity index (χ1v) is 10.5. The highest BCUT2D eigenvalue weighted by molar-refractivity contribution is 6.30. The number of benzene rings is 2. The first-order chi connectivity index (χ1) is 15.7. The quantitative estimate of drug-likeness (QED) is 0.498. The number of amides is 1. The van der Waals surface area contributed by atoms with Crippen molar-refractivity contribution in [2.45, 2.75) is 31.3 Å². The van der Waals surface area contributed by atoms with Crippen LogP contribution in [0.4, 0.5) is 13.2 Å². The lowest BCUT2D eigenvalue weighted by Gasteiger charge is -2.34. The second-order valence-corrected chi connectivity index (χ2v) is 8.14. The number of alkyl halides is 3. The van der Waals surface area contributed by atoms with E-state index < -0.39 is 17.3 Å². The Hall–Kier alpha value is -3.17. The Morgan fingerprint density at radius 3 is 2.52 bits per heavy atom. The van der Waals surface area contributed by atoms with Gasteiger partial charge in [-0.25, -0.2) is 9.67 Å². The highest BCUT2D eigenvalue weighted by Crippen LogP contribution is 2.40. The van der Waals surface area contributed by atoms with Gasteiger partial charge in [-0.2, -0.15) is 18.3 Å². The van der Waals surface area contributed by atoms with Crippen molar-refractivity contribution in [3.63, 3.8) is 0 Å². The number of rotatable bonds is 5. The molecule has 1 fully saturated rings. The SMILES string of the molecule is CC1N(C(=O)C=Cc2ccc(C(F)(F)F)cc2)CO[C@@]1(Cn1cncn1)c1ccc(Cl)cc1. The minimum atomic E-state index is -4.41. The van der Waals surface area contributed by atoms with Gasteiger partial charge in [-0.15, -0.1) is 0 Å². The minimum absolute atomic E-state index is 0.0364. The fraction of sp³-hybridized carbons (Fsp3) is 0.261. The van der Waals surface area contributed by atoms with Gasteiger partial charge in [0.15, 0.2) is 0 Å². The van der Waals surface area contributed by atoms with E-state index in [1.165, 1.54) is 30.6 Å². The molecule has 1 unspecified atom stereocenters. The molecule has 0 aliphatic carbocycles. The van der Waals surface area contributed by atoms with E-state index in [0.717, 1.165) is 17.7 Å². The Bertz CT molecular complexity index is 1130. The van der Waals surface area contributed by atoms with E-state index in [1.54, 1.807) is 28.0 Å². The number of nitrogens with zero attached hydrogens (tertiary/aromatic N) is 4. The topological polar surface area (TPSA) is 60.2 Å². The lowest BCUT2D eigenvalue weighted by Crippen LogP contribution is -2.45. The molecule has 1 saturated heterocycles. The fourth-order valence-corrected chi connectivity index (χ4v) is 3.98. The molecule has 172 valence electrons. The summed E-state index contributed by atoms with van der Waals surface area (Å²) in [5, 5.41) is 4.75. The molecule has 1 aromatic heterocycles. The summed E-state index contributed by atoms with van der Waals surface area (Å²) >= 11 is 6.05. The number of hydrogen-bond donors (Lipinski definition) is 0. The first kappa shape index (κ1) is 23.0. The van der Waals surface area contributed by atoms with E-state index in [-0.39, 0.29) is 18.7 Å². The van der Waals surface area contributed by atoms with Gasteiger partial charge in [0.05, 0.1) is 18.2 Å². The van der Waals surface area contributed by atoms with Gasteiger partial charge in [0.2, 0.25) is 5.91 Å². The van der Waals surface area contributed by atoms with Crippen LogP contribution in [0, 0.1) is 0 Å². The van der Waals surface area contributed by atoms with Crippen LogP contribution in [0.15, 0.2) is 67.3 Å². The van der Waals surface area contributed by atoms with Gasteiger partial charge < -0.3 is 9.64 Å². The third kappa shape index (κ3) is 4.79. The van der Waals surface area contributed by atoms with Crippen molar-refractivity contribution in [3.05, 3.63) is 89.0 Å². The molecule has 2 aromatic carbocycles. The highest BCUT2D eigenvalue weighted by atomic mass is 35.5. The predicted molar refractivity (Wildman–Crippen MR) is 116 cm³/mol. The van der Waals surface area contributed by atoms with E-state index in [1.807, 2.05) is 19.1 Å². The smallest absolute Gasteiger partial charge is 0.346 e. The zero-order valence-corrected chi connectivity index (χ0v) is 18.3. The molecule has 0 N–H and O–H groups in total. The lowest BCUT2D eigenvalue weighted by atomic mass is 9.87. The molecule has 33 heavy (non-hydrogen) atoms. The van der Waals surface area contributed by atoms with E-state index in [9.17, 15) is 18.0 Å². The number of halogens is 4. The van der Waals surface area contributed by atoms with Gasteiger partial charge in [-0.05, 0) is 48.4 Å². The van der Waals surface area contributed by atoms with Crippen molar-refractivity contribution in [1.82, 2.24) is 19.7 Å². The van der Waals surface area contributed by atoms with Gasteiger partial charge in [0.25, 0.3) is 0 Å². The van der Waals surface area contributed by atoms with Crippen molar-refractivity contribution in [3.8, 4) is 0 Å². The third-order valence-electron chi connectivity index (χ3n) is 5.74. The number of carbonyl (C=O) groups excluding carboxylic acids is 1. The molecular formula is C23H20ClF3N4O2. The van der Waals surface area contributed by atoms with Gasteiger partial charge in [0.1, 0.15) is 25.0 Å². The molecule has 3 aromatic rings. The average Bonchev–Trinajstić information content (AvgIpc) is 3.41. The van der Waals surface area contributed by atoms with Gasteiger partial charge in [-0.3, -0.25) is 4.79 Å². The van der Waals surface area contributed by atoms with Crippen LogP contribution in [0.25, 0.3) is 6.08 Å². The molecular weight excluding hydrogens is 457 g/mol. The number of aromatic nitrogens is 3. The monoisotopic (exact) mass is 476 g/mol. The normalized spacial score (nSPS) is 21.1.